The van der Waals surface area contributed by atoms with Crippen molar-refractivity contribution in [3.63, 3.8) is 0 Å². The van der Waals surface area contributed by atoms with Gasteiger partial charge in [0.2, 0.25) is 5.95 Å². The van der Waals surface area contributed by atoms with E-state index in [9.17, 15) is 9.59 Å². The third kappa shape index (κ3) is 4.15. The molecule has 2 fully saturated rings. The number of likely N-dealkylation sites (tertiary alicyclic amines) is 1. The van der Waals surface area contributed by atoms with E-state index in [1.54, 1.807) is 11.1 Å². The third-order valence-corrected chi connectivity index (χ3v) is 5.57. The van der Waals surface area contributed by atoms with Crippen molar-refractivity contribution < 1.29 is 9.59 Å². The summed E-state index contributed by atoms with van der Waals surface area (Å²) in [4.78, 5) is 38.3. The Morgan fingerprint density at radius 2 is 2.00 bits per heavy atom. The molecule has 1 saturated heterocycles. The first-order valence-corrected chi connectivity index (χ1v) is 10.5. The summed E-state index contributed by atoms with van der Waals surface area (Å²) in [5, 5.41) is 10.1. The highest BCUT2D eigenvalue weighted by Crippen LogP contribution is 2.39. The highest BCUT2D eigenvalue weighted by Gasteiger charge is 2.34. The van der Waals surface area contributed by atoms with Crippen molar-refractivity contribution in [3.8, 4) is 0 Å². The summed E-state index contributed by atoms with van der Waals surface area (Å²) in [5.74, 6) is 0.799. The van der Waals surface area contributed by atoms with Gasteiger partial charge in [0.05, 0.1) is 11.3 Å². The summed E-state index contributed by atoms with van der Waals surface area (Å²) in [6.07, 6.45) is 4.66. The number of hydrogen-bond acceptors (Lipinski definition) is 6. The molecule has 0 radical (unpaired) electrons. The molecule has 2 aromatic rings. The Bertz CT molecular complexity index is 949. The molecule has 4 rings (SSSR count). The number of rotatable bonds is 6. The smallest absolute Gasteiger partial charge is 0.274 e. The molecule has 2 aliphatic rings. The molecule has 1 atom stereocenters. The molecule has 0 bridgehead atoms. The number of aromatic nitrogens is 4. The molecule has 9 heteroatoms. The predicted molar refractivity (Wildman–Crippen MR) is 113 cm³/mol. The molecular weight excluding hydrogens is 382 g/mol. The normalized spacial score (nSPS) is 18.7. The molecule has 1 aliphatic heterocycles. The molecule has 2 N–H and O–H groups in total. The van der Waals surface area contributed by atoms with Gasteiger partial charge in [0.15, 0.2) is 0 Å². The lowest BCUT2D eigenvalue weighted by atomic mass is 9.99. The molecule has 9 nitrogen and oxygen atoms in total. The maximum Gasteiger partial charge on any atom is 0.274 e. The number of amides is 2. The SMILES string of the molecule is CC(C)NC(=O)c1cnc(N(C)C)nc1C1CCN(C(=O)c2cc(C3CC3)[nH]n2)C1. The van der Waals surface area contributed by atoms with E-state index in [1.165, 1.54) is 0 Å². The van der Waals surface area contributed by atoms with Crippen LogP contribution in [0.2, 0.25) is 0 Å². The van der Waals surface area contributed by atoms with Crippen LogP contribution in [0.5, 0.6) is 0 Å². The lowest BCUT2D eigenvalue weighted by Gasteiger charge is -2.19. The fourth-order valence-corrected chi connectivity index (χ4v) is 3.81. The Labute approximate surface area is 176 Å². The molecule has 2 amide bonds. The van der Waals surface area contributed by atoms with Gasteiger partial charge < -0.3 is 15.1 Å². The van der Waals surface area contributed by atoms with Crippen LogP contribution in [-0.2, 0) is 0 Å². The molecule has 160 valence electrons. The minimum absolute atomic E-state index is 0.0147. The van der Waals surface area contributed by atoms with Gasteiger partial charge in [0, 0.05) is 57.0 Å². The second kappa shape index (κ2) is 8.04. The standard InChI is InChI=1S/C21H29N7O2/c1-12(2)23-19(29)15-10-22-21(27(3)4)24-18(15)14-7-8-28(11-14)20(30)17-9-16(25-26-17)13-5-6-13/h9-10,12-14H,5-8,11H2,1-4H3,(H,23,29)(H,25,26). The van der Waals surface area contributed by atoms with Gasteiger partial charge >= 0.3 is 0 Å². The average molecular weight is 412 g/mol. The van der Waals surface area contributed by atoms with Crippen molar-refractivity contribution in [2.45, 2.75) is 51.0 Å². The second-order valence-corrected chi connectivity index (χ2v) is 8.71. The Morgan fingerprint density at radius 1 is 1.23 bits per heavy atom. The first-order valence-electron chi connectivity index (χ1n) is 10.5. The van der Waals surface area contributed by atoms with Gasteiger partial charge in [-0.2, -0.15) is 5.10 Å². The first-order chi connectivity index (χ1) is 14.3. The Kier molecular flexibility index (Phi) is 5.44. The second-order valence-electron chi connectivity index (χ2n) is 8.71. The van der Waals surface area contributed by atoms with Crippen molar-refractivity contribution in [1.82, 2.24) is 30.4 Å². The molecule has 0 aromatic carbocycles. The van der Waals surface area contributed by atoms with Crippen LogP contribution >= 0.6 is 0 Å². The van der Waals surface area contributed by atoms with E-state index in [4.69, 9.17) is 0 Å². The van der Waals surface area contributed by atoms with Crippen molar-refractivity contribution in [2.24, 2.45) is 0 Å². The van der Waals surface area contributed by atoms with Crippen molar-refractivity contribution in [1.29, 1.82) is 0 Å². The summed E-state index contributed by atoms with van der Waals surface area (Å²) < 4.78 is 0. The van der Waals surface area contributed by atoms with Crippen LogP contribution in [0.3, 0.4) is 0 Å². The van der Waals surface area contributed by atoms with Crippen LogP contribution < -0.4 is 10.2 Å². The van der Waals surface area contributed by atoms with E-state index in [0.29, 0.717) is 41.9 Å². The van der Waals surface area contributed by atoms with Crippen LogP contribution in [0, 0.1) is 0 Å². The highest BCUT2D eigenvalue weighted by molar-refractivity contribution is 5.96. The zero-order valence-corrected chi connectivity index (χ0v) is 18.0. The van der Waals surface area contributed by atoms with Gasteiger partial charge in [0.25, 0.3) is 11.8 Å². The molecule has 1 unspecified atom stereocenters. The number of carbonyl (C=O) groups is 2. The Balaban J connectivity index is 1.54. The molecule has 1 saturated carbocycles. The lowest BCUT2D eigenvalue weighted by molar-refractivity contribution is 0.0784. The van der Waals surface area contributed by atoms with E-state index in [2.05, 4.69) is 25.5 Å². The quantitative estimate of drug-likeness (QED) is 0.752. The van der Waals surface area contributed by atoms with Gasteiger partial charge in [-0.05, 0) is 39.2 Å². The van der Waals surface area contributed by atoms with Gasteiger partial charge in [-0.25, -0.2) is 9.97 Å². The van der Waals surface area contributed by atoms with Gasteiger partial charge in [-0.3, -0.25) is 14.7 Å². The van der Waals surface area contributed by atoms with Crippen LogP contribution in [0.1, 0.15) is 77.2 Å². The zero-order valence-electron chi connectivity index (χ0n) is 18.0. The average Bonchev–Trinajstić information content (AvgIpc) is 3.24. The summed E-state index contributed by atoms with van der Waals surface area (Å²) in [7, 11) is 3.74. The van der Waals surface area contributed by atoms with Crippen LogP contribution in [0.15, 0.2) is 12.3 Å². The molecule has 2 aromatic heterocycles. The fourth-order valence-electron chi connectivity index (χ4n) is 3.81. The highest BCUT2D eigenvalue weighted by atomic mass is 16.2. The number of aromatic amines is 1. The van der Waals surface area contributed by atoms with Crippen LogP contribution in [0.4, 0.5) is 5.95 Å². The summed E-state index contributed by atoms with van der Waals surface area (Å²) in [6, 6.07) is 1.89. The van der Waals surface area contributed by atoms with Gasteiger partial charge in [0.1, 0.15) is 5.69 Å². The van der Waals surface area contributed by atoms with E-state index in [0.717, 1.165) is 25.0 Å². The topological polar surface area (TPSA) is 107 Å². The van der Waals surface area contributed by atoms with Crippen molar-refractivity contribution in [3.05, 3.63) is 34.9 Å². The van der Waals surface area contributed by atoms with Crippen molar-refractivity contribution in [2.75, 3.05) is 32.1 Å². The maximum atomic E-state index is 12.9. The largest absolute Gasteiger partial charge is 0.350 e. The van der Waals surface area contributed by atoms with Crippen LogP contribution in [-0.4, -0.2) is 70.1 Å². The molecule has 3 heterocycles. The maximum absolute atomic E-state index is 12.9. The number of H-pyrrole nitrogens is 1. The fraction of sp³-hybridized carbons (Fsp3) is 0.571. The molecule has 0 spiro atoms. The van der Waals surface area contributed by atoms with E-state index >= 15 is 0 Å². The number of carbonyl (C=O) groups excluding carboxylic acids is 2. The Hall–Kier alpha value is -2.97. The molecule has 30 heavy (non-hydrogen) atoms. The molecule has 1 aliphatic carbocycles. The van der Waals surface area contributed by atoms with Gasteiger partial charge in [-0.1, -0.05) is 0 Å². The minimum atomic E-state index is -0.184. The summed E-state index contributed by atoms with van der Waals surface area (Å²) in [5.41, 5.74) is 2.69. The zero-order chi connectivity index (χ0) is 21.4. The number of hydrogen-bond donors (Lipinski definition) is 2. The van der Waals surface area contributed by atoms with E-state index in [-0.39, 0.29) is 23.8 Å². The predicted octanol–water partition coefficient (Wildman–Crippen LogP) is 1.91. The monoisotopic (exact) mass is 411 g/mol. The minimum Gasteiger partial charge on any atom is -0.350 e. The number of anilines is 1. The first kappa shape index (κ1) is 20.3. The number of nitrogens with zero attached hydrogens (tertiary/aromatic N) is 5. The van der Waals surface area contributed by atoms with Crippen molar-refractivity contribution >= 4 is 17.8 Å². The third-order valence-electron chi connectivity index (χ3n) is 5.57. The lowest BCUT2D eigenvalue weighted by Crippen LogP contribution is -2.32. The summed E-state index contributed by atoms with van der Waals surface area (Å²) >= 11 is 0. The Morgan fingerprint density at radius 3 is 2.67 bits per heavy atom. The van der Waals surface area contributed by atoms with E-state index < -0.39 is 0 Å². The number of nitrogens with one attached hydrogen (secondary N) is 2. The van der Waals surface area contributed by atoms with Gasteiger partial charge in [-0.15, -0.1) is 0 Å². The van der Waals surface area contributed by atoms with Crippen LogP contribution in [0.25, 0.3) is 0 Å². The summed E-state index contributed by atoms with van der Waals surface area (Å²) in [6.45, 7) is 4.96. The van der Waals surface area contributed by atoms with E-state index in [1.807, 2.05) is 38.9 Å². The molecular formula is C21H29N7O2.